The highest BCUT2D eigenvalue weighted by atomic mass is 79.9. The quantitative estimate of drug-likeness (QED) is 0.656. The lowest BCUT2D eigenvalue weighted by Gasteiger charge is -2.21. The molecule has 1 aromatic carbocycles. The molecule has 21 heavy (non-hydrogen) atoms. The van der Waals surface area contributed by atoms with Gasteiger partial charge in [-0.1, -0.05) is 62.4 Å². The van der Waals surface area contributed by atoms with E-state index >= 15 is 0 Å². The van der Waals surface area contributed by atoms with Gasteiger partial charge >= 0.3 is 0 Å². The maximum atomic E-state index is 4.69. The number of hydrogen-bond donors (Lipinski definition) is 0. The minimum absolute atomic E-state index is 0.136. The summed E-state index contributed by atoms with van der Waals surface area (Å²) in [6, 6.07) is 11.0. The number of nitrogens with zero attached hydrogens (tertiary/aromatic N) is 1. The summed E-state index contributed by atoms with van der Waals surface area (Å²) < 4.78 is 1.11. The lowest BCUT2D eigenvalue weighted by atomic mass is 9.86. The molecule has 2 aromatic rings. The maximum Gasteiger partial charge on any atom is 0.0796 e. The summed E-state index contributed by atoms with van der Waals surface area (Å²) in [5.74, 6) is 0. The zero-order chi connectivity index (χ0) is 15.8. The van der Waals surface area contributed by atoms with E-state index in [0.29, 0.717) is 0 Å². The first kappa shape index (κ1) is 16.4. The van der Waals surface area contributed by atoms with E-state index in [1.54, 1.807) is 0 Å². The second-order valence-electron chi connectivity index (χ2n) is 7.66. The number of halogens is 1. The van der Waals surface area contributed by atoms with Gasteiger partial charge in [-0.25, -0.2) is 0 Å². The van der Waals surface area contributed by atoms with Crippen LogP contribution in [0.2, 0.25) is 19.6 Å². The van der Waals surface area contributed by atoms with Crippen molar-refractivity contribution in [2.24, 2.45) is 0 Å². The lowest BCUT2D eigenvalue weighted by Crippen LogP contribution is -2.37. The van der Waals surface area contributed by atoms with Crippen molar-refractivity contribution >= 4 is 29.2 Å². The lowest BCUT2D eigenvalue weighted by molar-refractivity contribution is 0.590. The molecule has 2 rings (SSSR count). The van der Waals surface area contributed by atoms with Gasteiger partial charge < -0.3 is 0 Å². The van der Waals surface area contributed by atoms with Crippen LogP contribution in [0.3, 0.4) is 0 Å². The van der Waals surface area contributed by atoms with Gasteiger partial charge in [0.15, 0.2) is 0 Å². The Morgan fingerprint density at radius 1 is 1.00 bits per heavy atom. The topological polar surface area (TPSA) is 12.9 Å². The van der Waals surface area contributed by atoms with Crippen LogP contribution in [0, 0.1) is 0 Å². The van der Waals surface area contributed by atoms with Crippen molar-refractivity contribution in [1.82, 2.24) is 4.98 Å². The molecule has 112 valence electrons. The number of benzene rings is 1. The highest BCUT2D eigenvalue weighted by Crippen LogP contribution is 2.30. The van der Waals surface area contributed by atoms with Gasteiger partial charge in [0, 0.05) is 16.2 Å². The van der Waals surface area contributed by atoms with Gasteiger partial charge in [-0.05, 0) is 40.4 Å². The Labute approximate surface area is 138 Å². The summed E-state index contributed by atoms with van der Waals surface area (Å²) in [6.45, 7) is 13.8. The fraction of sp³-hybridized carbons (Fsp3) is 0.389. The van der Waals surface area contributed by atoms with E-state index in [9.17, 15) is 0 Å². The summed E-state index contributed by atoms with van der Waals surface area (Å²) in [5.41, 5.74) is 3.68. The van der Waals surface area contributed by atoms with Crippen LogP contribution in [0.1, 0.15) is 26.3 Å². The van der Waals surface area contributed by atoms with Crippen molar-refractivity contribution in [3.05, 3.63) is 46.6 Å². The van der Waals surface area contributed by atoms with E-state index in [-0.39, 0.29) is 5.41 Å². The van der Waals surface area contributed by atoms with Crippen molar-refractivity contribution in [2.75, 3.05) is 0 Å². The molecule has 0 amide bonds. The highest BCUT2D eigenvalue weighted by molar-refractivity contribution is 9.10. The van der Waals surface area contributed by atoms with E-state index in [1.807, 2.05) is 0 Å². The molecule has 0 saturated carbocycles. The smallest absolute Gasteiger partial charge is 0.0796 e. The van der Waals surface area contributed by atoms with Crippen molar-refractivity contribution < 1.29 is 0 Å². The molecule has 0 bridgehead atoms. The fourth-order valence-electron chi connectivity index (χ4n) is 2.18. The fourth-order valence-corrected chi connectivity index (χ4v) is 3.71. The monoisotopic (exact) mass is 361 g/mol. The third-order valence-corrected chi connectivity index (χ3v) is 6.17. The van der Waals surface area contributed by atoms with Crippen LogP contribution < -0.4 is 5.19 Å². The van der Waals surface area contributed by atoms with Crippen LogP contribution in [0.15, 0.2) is 41.0 Å². The minimum atomic E-state index is -1.28. The Morgan fingerprint density at radius 3 is 2.14 bits per heavy atom. The molecule has 0 aliphatic rings. The van der Waals surface area contributed by atoms with E-state index in [0.717, 1.165) is 10.2 Å². The summed E-state index contributed by atoms with van der Waals surface area (Å²) in [5, 5.41) is 1.40. The zero-order valence-corrected chi connectivity index (χ0v) is 16.4. The molecule has 0 unspecified atom stereocenters. The van der Waals surface area contributed by atoms with Crippen molar-refractivity contribution in [1.29, 1.82) is 0 Å². The van der Waals surface area contributed by atoms with Gasteiger partial charge in [0.25, 0.3) is 0 Å². The van der Waals surface area contributed by atoms with Crippen LogP contribution in [0.5, 0.6) is 0 Å². The van der Waals surface area contributed by atoms with Gasteiger partial charge in [-0.15, -0.1) is 0 Å². The van der Waals surface area contributed by atoms with Gasteiger partial charge in [-0.2, -0.15) is 0 Å². The van der Waals surface area contributed by atoms with E-state index < -0.39 is 8.07 Å². The Kier molecular flexibility index (Phi) is 4.46. The number of hydrogen-bond acceptors (Lipinski definition) is 1. The molecular weight excluding hydrogens is 338 g/mol. The first-order valence-electron chi connectivity index (χ1n) is 7.35. The van der Waals surface area contributed by atoms with Gasteiger partial charge in [0.2, 0.25) is 0 Å². The summed E-state index contributed by atoms with van der Waals surface area (Å²) >= 11 is 3.63. The molecule has 1 heterocycles. The molecule has 0 atom stereocenters. The molecule has 0 aliphatic carbocycles. The predicted molar refractivity (Wildman–Crippen MR) is 99.1 cm³/mol. The normalized spacial score (nSPS) is 12.5. The predicted octanol–water partition coefficient (Wildman–Crippen LogP) is 5.35. The van der Waals surface area contributed by atoms with Crippen molar-refractivity contribution in [3.63, 3.8) is 0 Å². The largest absolute Gasteiger partial charge is 0.256 e. The molecule has 1 aromatic heterocycles. The summed E-state index contributed by atoms with van der Waals surface area (Å²) in [4.78, 5) is 4.69. The van der Waals surface area contributed by atoms with Crippen LogP contribution in [-0.4, -0.2) is 13.1 Å². The second-order valence-corrected chi connectivity index (χ2v) is 13.7. The molecule has 0 spiro atoms. The minimum Gasteiger partial charge on any atom is -0.256 e. The van der Waals surface area contributed by atoms with Crippen molar-refractivity contribution in [3.8, 4) is 11.3 Å². The Morgan fingerprint density at radius 2 is 1.67 bits per heavy atom. The van der Waals surface area contributed by atoms with Crippen LogP contribution in [0.4, 0.5) is 0 Å². The summed E-state index contributed by atoms with van der Waals surface area (Å²) in [7, 11) is -1.28. The SMILES string of the molecule is CC(C)(C)c1cc(Br)cc(-c2ccc([Si](C)(C)C)cn2)c1. The summed E-state index contributed by atoms with van der Waals surface area (Å²) in [6.07, 6.45) is 2.05. The van der Waals surface area contributed by atoms with Gasteiger partial charge in [0.1, 0.15) is 0 Å². The number of rotatable bonds is 2. The molecule has 1 nitrogen and oxygen atoms in total. The molecule has 0 saturated heterocycles. The van der Waals surface area contributed by atoms with E-state index in [2.05, 4.69) is 92.9 Å². The Balaban J connectivity index is 2.45. The third-order valence-electron chi connectivity index (χ3n) is 3.69. The highest BCUT2D eigenvalue weighted by Gasteiger charge is 2.18. The molecule has 0 radical (unpaired) electrons. The number of aromatic nitrogens is 1. The molecule has 3 heteroatoms. The standard InChI is InChI=1S/C18H24BrNSi/c1-18(2,3)14-9-13(10-15(19)11-14)17-8-7-16(12-20-17)21(4,5)6/h7-12H,1-6H3. The first-order valence-corrected chi connectivity index (χ1v) is 11.6. The Bertz CT molecular complexity index is 634. The van der Waals surface area contributed by atoms with Crippen LogP contribution in [-0.2, 0) is 5.41 Å². The van der Waals surface area contributed by atoms with Crippen LogP contribution >= 0.6 is 15.9 Å². The second kappa shape index (κ2) is 5.69. The maximum absolute atomic E-state index is 4.69. The number of pyridine rings is 1. The van der Waals surface area contributed by atoms with Gasteiger partial charge in [-0.3, -0.25) is 4.98 Å². The Hall–Kier alpha value is -0.933. The average molecular weight is 362 g/mol. The van der Waals surface area contributed by atoms with Crippen LogP contribution in [0.25, 0.3) is 11.3 Å². The van der Waals surface area contributed by atoms with E-state index in [1.165, 1.54) is 16.3 Å². The average Bonchev–Trinajstić information content (AvgIpc) is 2.36. The molecule has 0 N–H and O–H groups in total. The zero-order valence-electron chi connectivity index (χ0n) is 13.8. The molecule has 0 aliphatic heterocycles. The van der Waals surface area contributed by atoms with Gasteiger partial charge in [0.05, 0.1) is 13.8 Å². The molecular formula is C18H24BrNSi. The third kappa shape index (κ3) is 4.04. The van der Waals surface area contributed by atoms with E-state index in [4.69, 9.17) is 4.98 Å². The first-order chi connectivity index (χ1) is 9.57. The molecule has 0 fully saturated rings. The van der Waals surface area contributed by atoms with Crippen molar-refractivity contribution in [2.45, 2.75) is 45.8 Å².